The number of nitrogens with zero attached hydrogens (tertiary/aromatic N) is 1. The van der Waals surface area contributed by atoms with Crippen LogP contribution in [0.2, 0.25) is 0 Å². The minimum absolute atomic E-state index is 0.0798. The van der Waals surface area contributed by atoms with Gasteiger partial charge in [-0.1, -0.05) is 11.4 Å². The van der Waals surface area contributed by atoms with Crippen LogP contribution in [0.15, 0.2) is 24.3 Å². The molecule has 0 atom stereocenters. The largest absolute Gasteiger partial charge is 0.545 e. The summed E-state index contributed by atoms with van der Waals surface area (Å²) in [6, 6.07) is 2.51. The van der Waals surface area contributed by atoms with E-state index in [1.807, 2.05) is 6.92 Å². The minimum Gasteiger partial charge on any atom is -0.545 e. The molecule has 58 valence electrons. The number of carbonyl (C=O) groups is 1. The second-order valence-corrected chi connectivity index (χ2v) is 1.75. The van der Waals surface area contributed by atoms with Crippen molar-refractivity contribution in [1.29, 1.82) is 0 Å². The number of rotatable bonds is 2. The fraction of sp³-hybridized carbons (Fsp3) is 0.250. The van der Waals surface area contributed by atoms with Crippen LogP contribution in [0.1, 0.15) is 6.92 Å². The van der Waals surface area contributed by atoms with E-state index >= 15 is 0 Å². The van der Waals surface area contributed by atoms with Crippen LogP contribution in [0.5, 0.6) is 0 Å². The number of carbonyl (C=O) groups excluding carboxylic acids is 1. The van der Waals surface area contributed by atoms with Crippen molar-refractivity contribution in [2.75, 3.05) is 6.54 Å². The molecule has 0 aromatic rings. The molecular formula is C8H9NO2. The van der Waals surface area contributed by atoms with Gasteiger partial charge in [0.1, 0.15) is 0 Å². The fourth-order valence-corrected chi connectivity index (χ4v) is 0.350. The van der Waals surface area contributed by atoms with Crippen LogP contribution in [0.25, 0.3) is 4.85 Å². The van der Waals surface area contributed by atoms with Gasteiger partial charge >= 0.3 is 6.07 Å². The van der Waals surface area contributed by atoms with Gasteiger partial charge in [0, 0.05) is 6.92 Å². The quantitative estimate of drug-likeness (QED) is 0.321. The lowest BCUT2D eigenvalue weighted by Gasteiger charge is -1.95. The van der Waals surface area contributed by atoms with Crippen molar-refractivity contribution in [3.63, 3.8) is 0 Å². The molecule has 0 fully saturated rings. The standard InChI is InChI=1S/C8H9NO2/c1-3-9-6-4-5-7(2)8(10)11/h4-5H,2-3H2,1H3. The fourth-order valence-electron chi connectivity index (χ4n) is 0.350. The van der Waals surface area contributed by atoms with E-state index < -0.39 is 5.97 Å². The molecule has 11 heavy (non-hydrogen) atoms. The van der Waals surface area contributed by atoms with E-state index in [-0.39, 0.29) is 5.57 Å². The van der Waals surface area contributed by atoms with Crippen LogP contribution in [0.3, 0.4) is 0 Å². The highest BCUT2D eigenvalue weighted by molar-refractivity contribution is 5.87. The van der Waals surface area contributed by atoms with E-state index in [1.165, 1.54) is 12.2 Å². The molecule has 3 nitrogen and oxygen atoms in total. The summed E-state index contributed by atoms with van der Waals surface area (Å²) in [5, 5.41) is 10.0. The maximum Gasteiger partial charge on any atom is 0.303 e. The van der Waals surface area contributed by atoms with Crippen LogP contribution in [-0.2, 0) is 4.79 Å². The molecule has 0 rings (SSSR count). The average molecular weight is 151 g/mol. The lowest BCUT2D eigenvalue weighted by molar-refractivity contribution is -0.298. The second-order valence-electron chi connectivity index (χ2n) is 1.75. The Labute approximate surface area is 65.5 Å². The lowest BCUT2D eigenvalue weighted by atomic mass is 10.3. The van der Waals surface area contributed by atoms with Crippen molar-refractivity contribution < 1.29 is 9.90 Å². The molecule has 0 aliphatic heterocycles. The molecule has 0 bridgehead atoms. The van der Waals surface area contributed by atoms with E-state index in [1.54, 1.807) is 0 Å². The van der Waals surface area contributed by atoms with Gasteiger partial charge < -0.3 is 9.90 Å². The highest BCUT2D eigenvalue weighted by Crippen LogP contribution is 1.88. The molecule has 0 unspecified atom stereocenters. The van der Waals surface area contributed by atoms with Gasteiger partial charge in [-0.2, -0.15) is 0 Å². The third-order valence-corrected chi connectivity index (χ3v) is 0.871. The highest BCUT2D eigenvalue weighted by Gasteiger charge is 1.85. The van der Waals surface area contributed by atoms with Gasteiger partial charge in [-0.3, -0.25) is 0 Å². The Morgan fingerprint density at radius 3 is 2.91 bits per heavy atom. The van der Waals surface area contributed by atoms with E-state index in [0.29, 0.717) is 6.54 Å². The van der Waals surface area contributed by atoms with E-state index in [4.69, 9.17) is 0 Å². The first-order valence-corrected chi connectivity index (χ1v) is 3.17. The molecule has 0 aliphatic carbocycles. The van der Waals surface area contributed by atoms with Crippen LogP contribution in [0, 0.1) is 6.07 Å². The number of carboxylic acids is 1. The van der Waals surface area contributed by atoms with Crippen molar-refractivity contribution in [2.45, 2.75) is 6.92 Å². The van der Waals surface area contributed by atoms with Gasteiger partial charge in [-0.15, -0.1) is 0 Å². The Bertz CT molecular complexity index is 243. The van der Waals surface area contributed by atoms with Crippen LogP contribution in [-0.4, -0.2) is 12.5 Å². The van der Waals surface area contributed by atoms with Crippen molar-refractivity contribution in [1.82, 2.24) is 0 Å². The summed E-state index contributed by atoms with van der Waals surface area (Å²) >= 11 is 0. The van der Waals surface area contributed by atoms with Crippen molar-refractivity contribution >= 4 is 5.97 Å². The molecule has 0 N–H and O–H groups in total. The van der Waals surface area contributed by atoms with Gasteiger partial charge in [0.2, 0.25) is 0 Å². The molecular weight excluding hydrogens is 142 g/mol. The van der Waals surface area contributed by atoms with E-state index in [2.05, 4.69) is 17.5 Å². The molecule has 0 aromatic heterocycles. The molecule has 3 heteroatoms. The number of hydrogen-bond acceptors (Lipinski definition) is 2. The highest BCUT2D eigenvalue weighted by atomic mass is 16.4. The number of carboxylic acid groups (broad SMARTS) is 1. The number of allylic oxidation sites excluding steroid dienone is 1. The van der Waals surface area contributed by atoms with Gasteiger partial charge in [0.15, 0.2) is 0 Å². The summed E-state index contributed by atoms with van der Waals surface area (Å²) in [5.41, 5.74) is -0.0798. The summed E-state index contributed by atoms with van der Waals surface area (Å²) in [5.74, 6) is -1.28. The van der Waals surface area contributed by atoms with Gasteiger partial charge in [0.05, 0.1) is 12.0 Å². The Morgan fingerprint density at radius 1 is 1.82 bits per heavy atom. The summed E-state index contributed by atoms with van der Waals surface area (Å²) in [6.07, 6.45) is 2.68. The minimum atomic E-state index is -1.28. The summed E-state index contributed by atoms with van der Waals surface area (Å²) in [7, 11) is 0. The first-order chi connectivity index (χ1) is 5.18. The molecule has 0 saturated heterocycles. The topological polar surface area (TPSA) is 44.5 Å². The van der Waals surface area contributed by atoms with Crippen molar-refractivity contribution in [3.05, 3.63) is 29.1 Å². The second kappa shape index (κ2) is 5.24. The van der Waals surface area contributed by atoms with E-state index in [9.17, 15) is 9.90 Å². The lowest BCUT2D eigenvalue weighted by Crippen LogP contribution is -2.22. The Hall–Kier alpha value is -1.56. The van der Waals surface area contributed by atoms with Crippen molar-refractivity contribution in [3.8, 4) is 6.07 Å². The molecule has 0 amide bonds. The molecule has 0 heterocycles. The molecule has 0 radical (unpaired) electrons. The molecule has 0 saturated carbocycles. The molecule has 0 aliphatic rings. The van der Waals surface area contributed by atoms with Crippen LogP contribution < -0.4 is 5.11 Å². The number of hydrogen-bond donors (Lipinski definition) is 0. The van der Waals surface area contributed by atoms with Gasteiger partial charge in [-0.05, 0) is 11.6 Å². The van der Waals surface area contributed by atoms with Crippen LogP contribution in [0.4, 0.5) is 0 Å². The summed E-state index contributed by atoms with van der Waals surface area (Å²) < 4.78 is 0. The zero-order valence-corrected chi connectivity index (χ0v) is 6.33. The first kappa shape index (κ1) is 9.44. The zero-order chi connectivity index (χ0) is 8.69. The monoisotopic (exact) mass is 151 g/mol. The van der Waals surface area contributed by atoms with Gasteiger partial charge in [0.25, 0.3) is 6.54 Å². The third-order valence-electron chi connectivity index (χ3n) is 0.871. The summed E-state index contributed by atoms with van der Waals surface area (Å²) in [6.45, 7) is 5.70. The maximum atomic E-state index is 10.0. The predicted octanol–water partition coefficient (Wildman–Crippen LogP) is 0.202. The SMILES string of the molecule is C=C(C=CC#[N+]CC)C(=O)[O-]. The van der Waals surface area contributed by atoms with Gasteiger partial charge in [-0.25, -0.2) is 0 Å². The third kappa shape index (κ3) is 4.91. The summed E-state index contributed by atoms with van der Waals surface area (Å²) in [4.78, 5) is 13.8. The normalized spacial score (nSPS) is 8.82. The van der Waals surface area contributed by atoms with Crippen molar-refractivity contribution in [2.24, 2.45) is 0 Å². The predicted molar refractivity (Wildman–Crippen MR) is 41.1 cm³/mol. The number of aliphatic carboxylic acids is 1. The Balaban J connectivity index is 3.94. The Morgan fingerprint density at radius 2 is 2.45 bits per heavy atom. The molecule has 0 aromatic carbocycles. The zero-order valence-electron chi connectivity index (χ0n) is 6.33. The Kier molecular flexibility index (Phi) is 4.50. The average Bonchev–Trinajstić information content (AvgIpc) is 1.97. The van der Waals surface area contributed by atoms with E-state index in [0.717, 1.165) is 0 Å². The maximum absolute atomic E-state index is 10.0. The van der Waals surface area contributed by atoms with Crippen LogP contribution >= 0.6 is 0 Å². The molecule has 0 spiro atoms. The smallest absolute Gasteiger partial charge is 0.303 e. The first-order valence-electron chi connectivity index (χ1n) is 3.17.